The first kappa shape index (κ1) is 14.1. The van der Waals surface area contributed by atoms with Crippen molar-refractivity contribution in [2.24, 2.45) is 0 Å². The largest absolute Gasteiger partial charge is 0.454 e. The summed E-state index contributed by atoms with van der Waals surface area (Å²) in [6.45, 7) is 6.71. The van der Waals surface area contributed by atoms with Gasteiger partial charge in [-0.15, -0.1) is 11.3 Å². The Morgan fingerprint density at radius 2 is 1.95 bits per heavy atom. The van der Waals surface area contributed by atoms with Crippen molar-refractivity contribution in [1.29, 1.82) is 0 Å². The monoisotopic (exact) mass is 316 g/mol. The summed E-state index contributed by atoms with van der Waals surface area (Å²) in [6.07, 6.45) is 0. The van der Waals surface area contributed by atoms with Crippen molar-refractivity contribution in [2.75, 3.05) is 33.0 Å². The highest BCUT2D eigenvalue weighted by atomic mass is 32.1. The van der Waals surface area contributed by atoms with Gasteiger partial charge in [0.1, 0.15) is 0 Å². The van der Waals surface area contributed by atoms with E-state index >= 15 is 0 Å². The molecule has 0 radical (unpaired) electrons. The first-order valence-corrected chi connectivity index (χ1v) is 8.58. The fourth-order valence-corrected chi connectivity index (χ4v) is 4.23. The van der Waals surface area contributed by atoms with E-state index in [0.717, 1.165) is 37.7 Å². The van der Waals surface area contributed by atoms with Crippen molar-refractivity contribution in [1.82, 2.24) is 10.2 Å². The van der Waals surface area contributed by atoms with Crippen molar-refractivity contribution in [2.45, 2.75) is 13.0 Å². The third-order valence-corrected chi connectivity index (χ3v) is 5.35. The molecule has 116 valence electrons. The molecule has 0 spiro atoms. The summed E-state index contributed by atoms with van der Waals surface area (Å²) in [4.78, 5) is 3.96. The van der Waals surface area contributed by atoms with Crippen LogP contribution in [-0.2, 0) is 0 Å². The van der Waals surface area contributed by atoms with Crippen LogP contribution in [0.1, 0.15) is 22.0 Å². The molecule has 1 saturated heterocycles. The van der Waals surface area contributed by atoms with Crippen LogP contribution in [0, 0.1) is 6.92 Å². The highest BCUT2D eigenvalue weighted by molar-refractivity contribution is 7.10. The third kappa shape index (κ3) is 2.60. The minimum absolute atomic E-state index is 0.301. The van der Waals surface area contributed by atoms with Crippen molar-refractivity contribution >= 4 is 11.3 Å². The molecular weight excluding hydrogens is 296 g/mol. The first-order chi connectivity index (χ1) is 10.8. The van der Waals surface area contributed by atoms with E-state index in [1.54, 1.807) is 0 Å². The smallest absolute Gasteiger partial charge is 0.231 e. The molecule has 1 aromatic heterocycles. The summed E-state index contributed by atoms with van der Waals surface area (Å²) < 4.78 is 11.0. The quantitative estimate of drug-likeness (QED) is 0.944. The minimum atomic E-state index is 0.301. The number of hydrogen-bond donors (Lipinski definition) is 1. The number of nitrogens with zero attached hydrogens (tertiary/aromatic N) is 1. The normalized spacial score (nSPS) is 19.3. The van der Waals surface area contributed by atoms with Gasteiger partial charge in [0.2, 0.25) is 6.79 Å². The van der Waals surface area contributed by atoms with Gasteiger partial charge in [0, 0.05) is 31.1 Å². The zero-order valence-electron chi connectivity index (χ0n) is 12.7. The van der Waals surface area contributed by atoms with Gasteiger partial charge in [-0.3, -0.25) is 4.90 Å². The zero-order valence-corrected chi connectivity index (χ0v) is 13.5. The topological polar surface area (TPSA) is 33.7 Å². The van der Waals surface area contributed by atoms with Crippen LogP contribution >= 0.6 is 11.3 Å². The maximum absolute atomic E-state index is 5.57. The minimum Gasteiger partial charge on any atom is -0.454 e. The number of ether oxygens (including phenoxy) is 2. The fourth-order valence-electron chi connectivity index (χ4n) is 3.18. The summed E-state index contributed by atoms with van der Waals surface area (Å²) in [5.74, 6) is 1.72. The van der Waals surface area contributed by atoms with Crippen molar-refractivity contribution in [3.8, 4) is 11.5 Å². The molecule has 3 heterocycles. The molecule has 0 amide bonds. The van der Waals surface area contributed by atoms with Crippen LogP contribution in [-0.4, -0.2) is 37.9 Å². The number of piperazine rings is 1. The Bertz CT molecular complexity index is 664. The Morgan fingerprint density at radius 1 is 1.14 bits per heavy atom. The zero-order chi connectivity index (χ0) is 14.9. The summed E-state index contributed by atoms with van der Waals surface area (Å²) >= 11 is 1.85. The van der Waals surface area contributed by atoms with E-state index < -0.39 is 0 Å². The molecular formula is C17H20N2O2S. The average molecular weight is 316 g/mol. The molecule has 4 nitrogen and oxygen atoms in total. The molecule has 4 rings (SSSR count). The van der Waals surface area contributed by atoms with Gasteiger partial charge in [-0.25, -0.2) is 0 Å². The van der Waals surface area contributed by atoms with Crippen LogP contribution in [0.3, 0.4) is 0 Å². The summed E-state index contributed by atoms with van der Waals surface area (Å²) in [5.41, 5.74) is 2.62. The number of benzene rings is 1. The van der Waals surface area contributed by atoms with Crippen LogP contribution in [0.2, 0.25) is 0 Å². The highest BCUT2D eigenvalue weighted by Crippen LogP contribution is 2.39. The number of hydrogen-bond acceptors (Lipinski definition) is 5. The molecule has 22 heavy (non-hydrogen) atoms. The SMILES string of the molecule is Cc1csc(C(c2ccc3c(c2)OCO3)N2CCNCC2)c1. The lowest BCUT2D eigenvalue weighted by Crippen LogP contribution is -2.45. The van der Waals surface area contributed by atoms with E-state index in [4.69, 9.17) is 9.47 Å². The second-order valence-electron chi connectivity index (χ2n) is 5.83. The van der Waals surface area contributed by atoms with Gasteiger partial charge >= 0.3 is 0 Å². The second kappa shape index (κ2) is 5.91. The molecule has 1 atom stereocenters. The molecule has 2 aliphatic heterocycles. The lowest BCUT2D eigenvalue weighted by Gasteiger charge is -2.34. The molecule has 5 heteroatoms. The predicted molar refractivity (Wildman–Crippen MR) is 87.9 cm³/mol. The van der Waals surface area contributed by atoms with Gasteiger partial charge in [0.25, 0.3) is 0 Å². The van der Waals surface area contributed by atoms with Gasteiger partial charge in [-0.05, 0) is 41.6 Å². The molecule has 0 aliphatic carbocycles. The Hall–Kier alpha value is -1.56. The average Bonchev–Trinajstić information content (AvgIpc) is 3.17. The Balaban J connectivity index is 1.72. The lowest BCUT2D eigenvalue weighted by molar-refractivity contribution is 0.173. The van der Waals surface area contributed by atoms with Crippen LogP contribution in [0.25, 0.3) is 0 Å². The third-order valence-electron chi connectivity index (χ3n) is 4.25. The van der Waals surface area contributed by atoms with Crippen LogP contribution < -0.4 is 14.8 Å². The van der Waals surface area contributed by atoms with Crippen LogP contribution in [0.15, 0.2) is 29.6 Å². The van der Waals surface area contributed by atoms with E-state index in [1.165, 1.54) is 16.0 Å². The van der Waals surface area contributed by atoms with Gasteiger partial charge in [0.15, 0.2) is 11.5 Å². The molecule has 1 N–H and O–H groups in total. The van der Waals surface area contributed by atoms with Crippen molar-refractivity contribution < 1.29 is 9.47 Å². The van der Waals surface area contributed by atoms with Crippen molar-refractivity contribution in [3.63, 3.8) is 0 Å². The molecule has 1 aromatic carbocycles. The van der Waals surface area contributed by atoms with Gasteiger partial charge in [0.05, 0.1) is 6.04 Å². The maximum atomic E-state index is 5.57. The standard InChI is InChI=1S/C17H20N2O2S/c1-12-8-16(22-10-12)17(19-6-4-18-5-7-19)13-2-3-14-15(9-13)21-11-20-14/h2-3,8-10,17-18H,4-7,11H2,1H3. The van der Waals surface area contributed by atoms with Gasteiger partial charge in [-0.1, -0.05) is 6.07 Å². The molecule has 1 fully saturated rings. The lowest BCUT2D eigenvalue weighted by atomic mass is 10.0. The Labute approximate surface area is 134 Å². The van der Waals surface area contributed by atoms with E-state index in [9.17, 15) is 0 Å². The predicted octanol–water partition coefficient (Wildman–Crippen LogP) is 2.78. The Morgan fingerprint density at radius 3 is 2.73 bits per heavy atom. The maximum Gasteiger partial charge on any atom is 0.231 e. The summed E-state index contributed by atoms with van der Waals surface area (Å²) in [7, 11) is 0. The number of aryl methyl sites for hydroxylation is 1. The second-order valence-corrected chi connectivity index (χ2v) is 6.77. The number of thiophene rings is 1. The molecule has 0 bridgehead atoms. The van der Waals surface area contributed by atoms with Gasteiger partial charge < -0.3 is 14.8 Å². The van der Waals surface area contributed by atoms with Crippen LogP contribution in [0.5, 0.6) is 11.5 Å². The summed E-state index contributed by atoms with van der Waals surface area (Å²) in [5, 5.41) is 5.67. The number of fused-ring (bicyclic) bond motifs is 1. The fraction of sp³-hybridized carbons (Fsp3) is 0.412. The van der Waals surface area contributed by atoms with E-state index in [0.29, 0.717) is 12.8 Å². The van der Waals surface area contributed by atoms with E-state index in [1.807, 2.05) is 17.4 Å². The Kier molecular flexibility index (Phi) is 3.78. The molecule has 1 unspecified atom stereocenters. The molecule has 2 aromatic rings. The first-order valence-electron chi connectivity index (χ1n) is 7.70. The summed E-state index contributed by atoms with van der Waals surface area (Å²) in [6, 6.07) is 8.96. The molecule has 0 saturated carbocycles. The van der Waals surface area contributed by atoms with E-state index in [2.05, 4.69) is 40.7 Å². The van der Waals surface area contributed by atoms with Crippen LogP contribution in [0.4, 0.5) is 0 Å². The molecule has 2 aliphatic rings. The van der Waals surface area contributed by atoms with Crippen molar-refractivity contribution in [3.05, 3.63) is 45.6 Å². The number of rotatable bonds is 3. The van der Waals surface area contributed by atoms with E-state index in [-0.39, 0.29) is 0 Å². The van der Waals surface area contributed by atoms with Gasteiger partial charge in [-0.2, -0.15) is 0 Å². The number of nitrogens with one attached hydrogen (secondary N) is 1. The highest BCUT2D eigenvalue weighted by Gasteiger charge is 2.26.